The molecule has 640 valence electrons. The van der Waals surface area contributed by atoms with Crippen molar-refractivity contribution in [2.45, 2.75) is 0 Å². The van der Waals surface area contributed by atoms with E-state index in [0.717, 1.165) is 67.1 Å². The van der Waals surface area contributed by atoms with Crippen molar-refractivity contribution >= 4 is 119 Å². The van der Waals surface area contributed by atoms with Crippen LogP contribution >= 0.6 is 0 Å². The summed E-state index contributed by atoms with van der Waals surface area (Å²) in [5, 5.41) is 19.9. The molecule has 0 unspecified atom stereocenters. The third-order valence-corrected chi connectivity index (χ3v) is 26.0. The van der Waals surface area contributed by atoms with Crippen LogP contribution in [0.15, 0.2) is 485 Å². The summed E-state index contributed by atoms with van der Waals surface area (Å²) in [7, 11) is 0. The van der Waals surface area contributed by atoms with Crippen molar-refractivity contribution in [3.63, 3.8) is 0 Å². The fourth-order valence-corrected chi connectivity index (χ4v) is 19.5. The SMILES string of the molecule is c1ccc(-c2nc(-c3ccccc3)nc(-c3ccc(-n4c5cc6ccccc6cc5c5c6ccccc6ccc54)cc3)n2)cc1.c1ccc(-c2nc(-c3ccccc3)nc(-c3ccc(-n4c5cc6ccccc6cc5c5cc6ccccc6cc54)cc3)n2)cc1.c1ccc(-c2nc(-c3ccccc3)nc(-c3ccc(-n4c5ccc6ccccc6c5c5cccc(-c6ccccc6)c54)cc3)n2)cc1. The lowest BCUT2D eigenvalue weighted by Crippen LogP contribution is -2.00. The zero-order valence-electron chi connectivity index (χ0n) is 74.1. The van der Waals surface area contributed by atoms with E-state index in [0.29, 0.717) is 52.4 Å². The van der Waals surface area contributed by atoms with Gasteiger partial charge in [-0.25, -0.2) is 44.9 Å². The molecule has 0 fully saturated rings. The lowest BCUT2D eigenvalue weighted by molar-refractivity contribution is 1.07. The molecular formula is C125H80N12. The van der Waals surface area contributed by atoms with Gasteiger partial charge in [0.1, 0.15) is 0 Å². The van der Waals surface area contributed by atoms with E-state index in [1.807, 2.05) is 182 Å². The van der Waals surface area contributed by atoms with Crippen molar-refractivity contribution in [2.24, 2.45) is 0 Å². The molecule has 0 saturated carbocycles. The molecule has 12 nitrogen and oxygen atoms in total. The molecule has 0 spiro atoms. The summed E-state index contributed by atoms with van der Waals surface area (Å²) in [6.07, 6.45) is 0. The summed E-state index contributed by atoms with van der Waals surface area (Å²) in [6.45, 7) is 0. The molecule has 0 radical (unpaired) electrons. The summed E-state index contributed by atoms with van der Waals surface area (Å²) in [5.74, 6) is 5.87. The highest BCUT2D eigenvalue weighted by atomic mass is 15.1. The van der Waals surface area contributed by atoms with E-state index in [4.69, 9.17) is 44.9 Å². The maximum atomic E-state index is 4.95. The highest BCUT2D eigenvalue weighted by Gasteiger charge is 2.24. The van der Waals surface area contributed by atoms with Gasteiger partial charge in [0.05, 0.1) is 33.1 Å². The van der Waals surface area contributed by atoms with Gasteiger partial charge in [0.2, 0.25) is 0 Å². The Labute approximate surface area is 788 Å². The van der Waals surface area contributed by atoms with Gasteiger partial charge >= 0.3 is 0 Å². The summed E-state index contributed by atoms with van der Waals surface area (Å²) >= 11 is 0. The van der Waals surface area contributed by atoms with E-state index in [1.54, 1.807) is 0 Å². The van der Waals surface area contributed by atoms with Crippen LogP contribution in [0.2, 0.25) is 0 Å². The van der Waals surface area contributed by atoms with E-state index in [1.165, 1.54) is 130 Å². The molecule has 6 aromatic heterocycles. The first-order valence-corrected chi connectivity index (χ1v) is 46.0. The summed E-state index contributed by atoms with van der Waals surface area (Å²) < 4.78 is 7.17. The summed E-state index contributed by atoms with van der Waals surface area (Å²) in [4.78, 5) is 44.2. The van der Waals surface area contributed by atoms with Gasteiger partial charge in [0.15, 0.2) is 52.4 Å². The number of nitrogens with zero attached hydrogens (tertiary/aromatic N) is 12. The maximum absolute atomic E-state index is 4.95. The molecule has 0 bridgehead atoms. The quantitative estimate of drug-likeness (QED) is 0.111. The molecule has 0 aliphatic carbocycles. The van der Waals surface area contributed by atoms with Gasteiger partial charge in [-0.3, -0.25) is 0 Å². The van der Waals surface area contributed by atoms with E-state index in [-0.39, 0.29) is 0 Å². The monoisotopic (exact) mass is 1750 g/mol. The van der Waals surface area contributed by atoms with Gasteiger partial charge in [0.25, 0.3) is 0 Å². The van der Waals surface area contributed by atoms with Crippen molar-refractivity contribution in [3.8, 4) is 131 Å². The van der Waals surface area contributed by atoms with E-state index >= 15 is 0 Å². The molecule has 6 heterocycles. The average Bonchev–Trinajstić information content (AvgIpc) is 1.58. The number of hydrogen-bond acceptors (Lipinski definition) is 9. The second-order valence-electron chi connectivity index (χ2n) is 34.3. The van der Waals surface area contributed by atoms with Crippen LogP contribution < -0.4 is 0 Å². The molecule has 27 aromatic rings. The molecule has 137 heavy (non-hydrogen) atoms. The van der Waals surface area contributed by atoms with Crippen molar-refractivity contribution in [3.05, 3.63) is 485 Å². The minimum Gasteiger partial charge on any atom is -0.309 e. The topological polar surface area (TPSA) is 131 Å². The van der Waals surface area contributed by atoms with Crippen LogP contribution in [-0.4, -0.2) is 58.6 Å². The number of para-hydroxylation sites is 1. The van der Waals surface area contributed by atoms with Gasteiger partial charge in [0, 0.05) is 105 Å². The minimum atomic E-state index is 0.641. The molecule has 0 atom stereocenters. The second-order valence-corrected chi connectivity index (χ2v) is 34.3. The fraction of sp³-hybridized carbons (Fsp3) is 0. The number of aromatic nitrogens is 12. The Morgan fingerprint density at radius 3 is 0.679 bits per heavy atom. The first-order valence-electron chi connectivity index (χ1n) is 46.0. The van der Waals surface area contributed by atoms with Gasteiger partial charge in [-0.05, 0) is 181 Å². The average molecular weight is 1750 g/mol. The Kier molecular flexibility index (Phi) is 20.3. The Morgan fingerprint density at radius 2 is 0.358 bits per heavy atom. The molecule has 0 aliphatic heterocycles. The number of fused-ring (bicyclic) bond motifs is 16. The van der Waals surface area contributed by atoms with Crippen molar-refractivity contribution < 1.29 is 0 Å². The van der Waals surface area contributed by atoms with Crippen LogP contribution in [0, 0.1) is 0 Å². The standard InChI is InChI=1S/C43H28N4.2C41H26N4/c1-4-13-29(14-5-1)36-21-12-22-37-39-35-20-11-10-15-30(35)25-28-38(39)47(40(36)37)34-26-23-33(24-27-34)43-45-41(31-16-6-2-7-17-31)44-42(46-43)32-18-8-3-9-19-32;1-3-11-27(12-4-1)39-42-40(28-13-5-2-6-14-28)44-41(43-39)29-19-21-34(22-20-29)45-37-25-32-17-9-7-15-30(32)23-35(37)36-24-31-16-8-10-18-33(31)26-38(36)45;1-3-12-28(13-4-1)39-42-40(29-14-5-2-6-15-29)44-41(43-39)30-19-22-33(23-20-30)45-36-24-21-27-11-9-10-18-34(27)38(36)35-25-31-16-7-8-17-32(31)26-37(35)45/h1-28H;2*1-26H. The largest absolute Gasteiger partial charge is 0.309 e. The zero-order valence-corrected chi connectivity index (χ0v) is 74.1. The predicted octanol–water partition coefficient (Wildman–Crippen LogP) is 31.3. The van der Waals surface area contributed by atoms with E-state index < -0.39 is 0 Å². The number of benzene rings is 21. The molecule has 21 aromatic carbocycles. The van der Waals surface area contributed by atoms with Crippen LogP contribution in [0.4, 0.5) is 0 Å². The fourth-order valence-electron chi connectivity index (χ4n) is 19.5. The molecule has 0 N–H and O–H groups in total. The van der Waals surface area contributed by atoms with Crippen LogP contribution in [-0.2, 0) is 0 Å². The molecule has 0 aliphatic rings. The lowest BCUT2D eigenvalue weighted by atomic mass is 10.00. The van der Waals surface area contributed by atoms with Crippen molar-refractivity contribution in [1.29, 1.82) is 0 Å². The molecular weight excluding hydrogens is 1670 g/mol. The number of rotatable bonds is 13. The van der Waals surface area contributed by atoms with Gasteiger partial charge in [-0.1, -0.05) is 364 Å². The molecule has 0 amide bonds. The highest BCUT2D eigenvalue weighted by molar-refractivity contribution is 6.25. The Hall–Kier alpha value is -18.7. The summed E-state index contributed by atoms with van der Waals surface area (Å²) in [5.41, 5.74) is 21.3. The number of hydrogen-bond donors (Lipinski definition) is 0. The lowest BCUT2D eigenvalue weighted by Gasteiger charge is -2.13. The van der Waals surface area contributed by atoms with Gasteiger partial charge < -0.3 is 13.7 Å². The Bertz CT molecular complexity index is 8830. The van der Waals surface area contributed by atoms with E-state index in [2.05, 4.69) is 317 Å². The Morgan fingerprint density at radius 1 is 0.131 bits per heavy atom. The summed E-state index contributed by atoms with van der Waals surface area (Å²) in [6, 6.07) is 170. The van der Waals surface area contributed by atoms with Gasteiger partial charge in [-0.2, -0.15) is 0 Å². The third kappa shape index (κ3) is 15.0. The first kappa shape index (κ1) is 80.4. The van der Waals surface area contributed by atoms with Crippen molar-refractivity contribution in [1.82, 2.24) is 58.6 Å². The molecule has 27 rings (SSSR count). The minimum absolute atomic E-state index is 0.641. The third-order valence-electron chi connectivity index (χ3n) is 26.0. The molecule has 0 saturated heterocycles. The maximum Gasteiger partial charge on any atom is 0.164 e. The van der Waals surface area contributed by atoms with Crippen LogP contribution in [0.3, 0.4) is 0 Å². The van der Waals surface area contributed by atoms with Crippen LogP contribution in [0.5, 0.6) is 0 Å². The van der Waals surface area contributed by atoms with Crippen LogP contribution in [0.1, 0.15) is 0 Å². The highest BCUT2D eigenvalue weighted by Crippen LogP contribution is 2.45. The zero-order chi connectivity index (χ0) is 90.6. The normalized spacial score (nSPS) is 11.5. The van der Waals surface area contributed by atoms with Crippen molar-refractivity contribution in [2.75, 3.05) is 0 Å². The second kappa shape index (κ2) is 34.6. The van der Waals surface area contributed by atoms with Gasteiger partial charge in [-0.15, -0.1) is 0 Å². The Balaban J connectivity index is 0.000000109. The van der Waals surface area contributed by atoms with Crippen LogP contribution in [0.25, 0.3) is 250 Å². The molecule has 12 heteroatoms. The first-order chi connectivity index (χ1) is 67.9. The van der Waals surface area contributed by atoms with E-state index in [9.17, 15) is 0 Å². The predicted molar refractivity (Wildman–Crippen MR) is 564 cm³/mol. The smallest absolute Gasteiger partial charge is 0.164 e.